The minimum Gasteiger partial charge on any atom is -0.494 e. The number of hydrogen-bond donors (Lipinski definition) is 3. The molecule has 1 aromatic carbocycles. The van der Waals surface area contributed by atoms with Gasteiger partial charge in [0.25, 0.3) is 0 Å². The molecule has 1 fully saturated rings. The van der Waals surface area contributed by atoms with Crippen molar-refractivity contribution in [2.75, 3.05) is 19.7 Å². The molecule has 2 rings (SSSR count). The van der Waals surface area contributed by atoms with Crippen LogP contribution in [-0.4, -0.2) is 31.6 Å². The van der Waals surface area contributed by atoms with Crippen molar-refractivity contribution in [3.05, 3.63) is 29.8 Å². The predicted octanol–water partition coefficient (Wildman–Crippen LogP) is 2.14. The van der Waals surface area contributed by atoms with Crippen LogP contribution in [-0.2, 0) is 0 Å². The van der Waals surface area contributed by atoms with E-state index in [1.165, 1.54) is 0 Å². The number of ether oxygens (including phenoxy) is 1. The molecule has 4 nitrogen and oxygen atoms in total. The van der Waals surface area contributed by atoms with Crippen LogP contribution in [0.2, 0.25) is 0 Å². The molecule has 0 aliphatic carbocycles. The number of benzene rings is 1. The second-order valence-electron chi connectivity index (χ2n) is 4.94. The number of nitrogens with one attached hydrogen (secondary N) is 3. The third-order valence-corrected chi connectivity index (χ3v) is 3.32. The minimum absolute atomic E-state index is 0.382. The molecule has 0 aromatic heterocycles. The zero-order valence-electron chi connectivity index (χ0n) is 11.5. The second-order valence-corrected chi connectivity index (χ2v) is 4.94. The highest BCUT2D eigenvalue weighted by atomic mass is 16.5. The maximum Gasteiger partial charge on any atom is 0.125 e. The Balaban J connectivity index is 1.84. The minimum atomic E-state index is 0.382. The van der Waals surface area contributed by atoms with Crippen LogP contribution < -0.4 is 15.4 Å². The van der Waals surface area contributed by atoms with Gasteiger partial charge in [-0.15, -0.1) is 0 Å². The first-order valence-corrected chi connectivity index (χ1v) is 7.08. The molecule has 1 aromatic rings. The molecule has 0 spiro atoms. The Bertz CT molecular complexity index is 396. The lowest BCUT2D eigenvalue weighted by atomic mass is 10.1. The molecule has 1 heterocycles. The van der Waals surface area contributed by atoms with E-state index in [9.17, 15) is 0 Å². The zero-order valence-corrected chi connectivity index (χ0v) is 11.5. The summed E-state index contributed by atoms with van der Waals surface area (Å²) in [5.41, 5.74) is 0.912. The normalized spacial score (nSPS) is 18.3. The Morgan fingerprint density at radius 3 is 2.84 bits per heavy atom. The molecule has 1 aliphatic rings. The summed E-state index contributed by atoms with van der Waals surface area (Å²) in [6.45, 7) is 4.90. The molecular formula is C15H23N3O. The molecule has 0 saturated carbocycles. The van der Waals surface area contributed by atoms with Gasteiger partial charge in [0, 0.05) is 18.2 Å². The quantitative estimate of drug-likeness (QED) is 0.418. The van der Waals surface area contributed by atoms with Crippen LogP contribution in [0.25, 0.3) is 0 Å². The predicted molar refractivity (Wildman–Crippen MR) is 78.1 cm³/mol. The first kappa shape index (κ1) is 13.9. The van der Waals surface area contributed by atoms with Gasteiger partial charge in [0.1, 0.15) is 11.6 Å². The molecule has 0 amide bonds. The first-order valence-electron chi connectivity index (χ1n) is 7.08. The Hall–Kier alpha value is -1.55. The third-order valence-electron chi connectivity index (χ3n) is 3.32. The summed E-state index contributed by atoms with van der Waals surface area (Å²) in [6, 6.07) is 8.15. The van der Waals surface area contributed by atoms with Crippen molar-refractivity contribution in [3.8, 4) is 5.75 Å². The fraction of sp³-hybridized carbons (Fsp3) is 0.533. The number of hydrogen-bond acceptors (Lipinski definition) is 3. The second kappa shape index (κ2) is 7.14. The van der Waals surface area contributed by atoms with E-state index in [4.69, 9.17) is 10.1 Å². The van der Waals surface area contributed by atoms with Gasteiger partial charge in [-0.2, -0.15) is 0 Å². The van der Waals surface area contributed by atoms with E-state index in [-0.39, 0.29) is 0 Å². The molecule has 104 valence electrons. The highest BCUT2D eigenvalue weighted by Gasteiger charge is 2.15. The number of amidine groups is 1. The molecule has 19 heavy (non-hydrogen) atoms. The fourth-order valence-corrected chi connectivity index (χ4v) is 2.12. The SMILES string of the molecule is CCCCOc1ccc(C(=N)N[C@H]2CCNC2)cc1. The lowest BCUT2D eigenvalue weighted by Gasteiger charge is -2.14. The average molecular weight is 261 g/mol. The Labute approximate surface area is 115 Å². The molecule has 0 radical (unpaired) electrons. The summed E-state index contributed by atoms with van der Waals surface area (Å²) < 4.78 is 5.61. The monoisotopic (exact) mass is 261 g/mol. The highest BCUT2D eigenvalue weighted by Crippen LogP contribution is 2.13. The van der Waals surface area contributed by atoms with Gasteiger partial charge in [-0.25, -0.2) is 0 Å². The molecule has 0 unspecified atom stereocenters. The maximum atomic E-state index is 8.05. The van der Waals surface area contributed by atoms with E-state index >= 15 is 0 Å². The van der Waals surface area contributed by atoms with E-state index in [2.05, 4.69) is 17.6 Å². The molecule has 3 N–H and O–H groups in total. The molecule has 1 saturated heterocycles. The molecule has 4 heteroatoms. The van der Waals surface area contributed by atoms with Crippen molar-refractivity contribution in [1.29, 1.82) is 5.41 Å². The molecular weight excluding hydrogens is 238 g/mol. The smallest absolute Gasteiger partial charge is 0.125 e. The van der Waals surface area contributed by atoms with Crippen LogP contribution in [0.4, 0.5) is 0 Å². The van der Waals surface area contributed by atoms with Crippen LogP contribution in [0.5, 0.6) is 5.75 Å². The molecule has 1 atom stereocenters. The van der Waals surface area contributed by atoms with Gasteiger partial charge in [0.2, 0.25) is 0 Å². The van der Waals surface area contributed by atoms with E-state index in [1.54, 1.807) is 0 Å². The third kappa shape index (κ3) is 4.24. The van der Waals surface area contributed by atoms with Crippen LogP contribution in [0, 0.1) is 5.41 Å². The van der Waals surface area contributed by atoms with Gasteiger partial charge in [-0.1, -0.05) is 13.3 Å². The summed E-state index contributed by atoms with van der Waals surface area (Å²) in [4.78, 5) is 0. The Morgan fingerprint density at radius 1 is 1.42 bits per heavy atom. The van der Waals surface area contributed by atoms with E-state index in [1.807, 2.05) is 24.3 Å². The van der Waals surface area contributed by atoms with Gasteiger partial charge >= 0.3 is 0 Å². The van der Waals surface area contributed by atoms with Gasteiger partial charge in [-0.05, 0) is 43.7 Å². The van der Waals surface area contributed by atoms with Crippen LogP contribution in [0.15, 0.2) is 24.3 Å². The summed E-state index contributed by atoms with van der Waals surface area (Å²) in [6.07, 6.45) is 3.30. The van der Waals surface area contributed by atoms with Crippen LogP contribution in [0.3, 0.4) is 0 Å². The van der Waals surface area contributed by atoms with Crippen molar-refractivity contribution >= 4 is 5.84 Å². The number of rotatable bonds is 6. The van der Waals surface area contributed by atoms with Crippen molar-refractivity contribution in [2.24, 2.45) is 0 Å². The fourth-order valence-electron chi connectivity index (χ4n) is 2.12. The van der Waals surface area contributed by atoms with Gasteiger partial charge < -0.3 is 15.4 Å². The molecule has 1 aliphatic heterocycles. The van der Waals surface area contributed by atoms with Gasteiger partial charge in [-0.3, -0.25) is 5.41 Å². The summed E-state index contributed by atoms with van der Waals surface area (Å²) >= 11 is 0. The van der Waals surface area contributed by atoms with Crippen molar-refractivity contribution < 1.29 is 4.74 Å². The lowest BCUT2D eigenvalue weighted by molar-refractivity contribution is 0.309. The zero-order chi connectivity index (χ0) is 13.5. The van der Waals surface area contributed by atoms with E-state index < -0.39 is 0 Å². The largest absolute Gasteiger partial charge is 0.494 e. The van der Waals surface area contributed by atoms with Crippen molar-refractivity contribution in [1.82, 2.24) is 10.6 Å². The maximum absolute atomic E-state index is 8.05. The first-order chi connectivity index (χ1) is 9.29. The van der Waals surface area contributed by atoms with Crippen molar-refractivity contribution in [3.63, 3.8) is 0 Å². The molecule has 0 bridgehead atoms. The highest BCUT2D eigenvalue weighted by molar-refractivity contribution is 5.96. The van der Waals surface area contributed by atoms with Crippen LogP contribution >= 0.6 is 0 Å². The average Bonchev–Trinajstić information content (AvgIpc) is 2.93. The summed E-state index contributed by atoms with van der Waals surface area (Å²) in [5, 5.41) is 14.6. The summed E-state index contributed by atoms with van der Waals surface area (Å²) in [7, 11) is 0. The Morgan fingerprint density at radius 2 is 2.21 bits per heavy atom. The van der Waals surface area contributed by atoms with Gasteiger partial charge in [0.15, 0.2) is 0 Å². The Kier molecular flexibility index (Phi) is 5.21. The van der Waals surface area contributed by atoms with Crippen molar-refractivity contribution in [2.45, 2.75) is 32.2 Å². The lowest BCUT2D eigenvalue weighted by Crippen LogP contribution is -2.36. The standard InChI is InChI=1S/C15H23N3O/c1-2-3-10-19-14-6-4-12(5-7-14)15(16)18-13-8-9-17-11-13/h4-7,13,17H,2-3,8-11H2,1H3,(H2,16,18)/t13-/m0/s1. The van der Waals surface area contributed by atoms with E-state index in [0.717, 1.165) is 50.3 Å². The topological polar surface area (TPSA) is 57.1 Å². The number of unbranched alkanes of at least 4 members (excludes halogenated alkanes) is 1. The summed E-state index contributed by atoms with van der Waals surface area (Å²) in [5.74, 6) is 1.38. The van der Waals surface area contributed by atoms with Crippen LogP contribution in [0.1, 0.15) is 31.7 Å². The van der Waals surface area contributed by atoms with E-state index in [0.29, 0.717) is 11.9 Å². The van der Waals surface area contributed by atoms with Gasteiger partial charge in [0.05, 0.1) is 6.61 Å².